The number of alkyl halides is 2. The summed E-state index contributed by atoms with van der Waals surface area (Å²) in [5, 5.41) is 3.46. The minimum absolute atomic E-state index is 0.0875. The maximum atomic E-state index is 13.8. The van der Waals surface area contributed by atoms with Gasteiger partial charge in [-0.15, -0.1) is 0 Å². The predicted octanol–water partition coefficient (Wildman–Crippen LogP) is 5.90. The predicted molar refractivity (Wildman–Crippen MR) is 162 cm³/mol. The van der Waals surface area contributed by atoms with E-state index in [0.717, 1.165) is 56.2 Å². The zero-order valence-corrected chi connectivity index (χ0v) is 24.6. The standard InChI is InChI=1S/C31H27ClF2N6O3/c1-15-17(19-11-6-12-20(24(19)32)22-14-16-8-5-10-18(16)29(36-22)43-4)9-7-13-21(15)35-26-23-28(38-27(37-26)25(33)34)39(2)31(42)40(3)30(23)41/h6-7,9,11-14,25H,5,8,10H2,1-4H3,(H,35,37,38). The van der Waals surface area contributed by atoms with Crippen molar-refractivity contribution < 1.29 is 13.5 Å². The lowest BCUT2D eigenvalue weighted by atomic mass is 9.96. The number of anilines is 2. The van der Waals surface area contributed by atoms with Gasteiger partial charge in [-0.25, -0.2) is 28.5 Å². The number of hydrogen-bond donors (Lipinski definition) is 1. The van der Waals surface area contributed by atoms with E-state index in [1.54, 1.807) is 19.2 Å². The third kappa shape index (κ3) is 4.73. The van der Waals surface area contributed by atoms with Crippen LogP contribution in [-0.2, 0) is 26.9 Å². The molecule has 3 aromatic heterocycles. The highest BCUT2D eigenvalue weighted by atomic mass is 35.5. The molecule has 0 saturated heterocycles. The Morgan fingerprint density at radius 3 is 2.44 bits per heavy atom. The Morgan fingerprint density at radius 2 is 1.70 bits per heavy atom. The van der Waals surface area contributed by atoms with E-state index in [9.17, 15) is 18.4 Å². The Labute approximate surface area is 249 Å². The van der Waals surface area contributed by atoms with E-state index in [4.69, 9.17) is 21.3 Å². The van der Waals surface area contributed by atoms with Gasteiger partial charge in [0, 0.05) is 36.5 Å². The SMILES string of the molecule is COc1nc(-c2cccc(-c3cccc(Nc4nc(C(F)F)nc5c4c(=O)n(C)c(=O)n5C)c3C)c2Cl)cc2c1CCC2. The van der Waals surface area contributed by atoms with Crippen molar-refractivity contribution in [3.8, 4) is 28.3 Å². The van der Waals surface area contributed by atoms with Crippen LogP contribution in [0.3, 0.4) is 0 Å². The lowest BCUT2D eigenvalue weighted by Crippen LogP contribution is -2.38. The van der Waals surface area contributed by atoms with Crippen LogP contribution in [0.4, 0.5) is 20.3 Å². The fourth-order valence-electron chi connectivity index (χ4n) is 5.64. The quantitative estimate of drug-likeness (QED) is 0.257. The second-order valence-electron chi connectivity index (χ2n) is 10.4. The molecule has 0 spiro atoms. The molecule has 0 amide bonds. The van der Waals surface area contributed by atoms with Crippen LogP contribution in [0, 0.1) is 6.92 Å². The number of methoxy groups -OCH3 is 1. The first-order valence-corrected chi connectivity index (χ1v) is 14.0. The summed E-state index contributed by atoms with van der Waals surface area (Å²) in [6.07, 6.45) is -0.0916. The molecule has 1 N–H and O–H groups in total. The van der Waals surface area contributed by atoms with Crippen LogP contribution in [0.15, 0.2) is 52.1 Å². The molecule has 0 unspecified atom stereocenters. The second kappa shape index (κ2) is 10.9. The molecule has 220 valence electrons. The molecule has 0 fully saturated rings. The highest BCUT2D eigenvalue weighted by Gasteiger charge is 2.23. The normalized spacial score (nSPS) is 12.7. The van der Waals surface area contributed by atoms with E-state index in [1.807, 2.05) is 31.2 Å². The summed E-state index contributed by atoms with van der Waals surface area (Å²) in [5.74, 6) is -0.330. The summed E-state index contributed by atoms with van der Waals surface area (Å²) >= 11 is 7.03. The third-order valence-electron chi connectivity index (χ3n) is 7.91. The van der Waals surface area contributed by atoms with Gasteiger partial charge in [-0.3, -0.25) is 13.9 Å². The van der Waals surface area contributed by atoms with Crippen LogP contribution >= 0.6 is 11.6 Å². The van der Waals surface area contributed by atoms with Crippen molar-refractivity contribution in [1.82, 2.24) is 24.1 Å². The Balaban J connectivity index is 1.48. The lowest BCUT2D eigenvalue weighted by Gasteiger charge is -2.17. The van der Waals surface area contributed by atoms with E-state index in [-0.39, 0.29) is 16.9 Å². The molecule has 9 nitrogen and oxygen atoms in total. The van der Waals surface area contributed by atoms with Crippen molar-refractivity contribution in [2.75, 3.05) is 12.4 Å². The van der Waals surface area contributed by atoms with E-state index >= 15 is 0 Å². The van der Waals surface area contributed by atoms with Gasteiger partial charge in [0.25, 0.3) is 12.0 Å². The summed E-state index contributed by atoms with van der Waals surface area (Å²) < 4.78 is 35.1. The van der Waals surface area contributed by atoms with Crippen molar-refractivity contribution in [2.24, 2.45) is 14.1 Å². The average Bonchev–Trinajstić information content (AvgIpc) is 3.48. The summed E-state index contributed by atoms with van der Waals surface area (Å²) in [6, 6.07) is 13.2. The van der Waals surface area contributed by atoms with Crippen LogP contribution in [-0.4, -0.2) is 31.2 Å². The Bertz CT molecular complexity index is 2060. The molecule has 0 saturated carbocycles. The van der Waals surface area contributed by atoms with Crippen LogP contribution in [0.2, 0.25) is 5.02 Å². The van der Waals surface area contributed by atoms with Gasteiger partial charge < -0.3 is 10.1 Å². The molecule has 1 aliphatic carbocycles. The van der Waals surface area contributed by atoms with Gasteiger partial charge in [-0.05, 0) is 55.0 Å². The molecular weight excluding hydrogens is 578 g/mol. The average molecular weight is 605 g/mol. The number of nitrogens with one attached hydrogen (secondary N) is 1. The zero-order valence-electron chi connectivity index (χ0n) is 23.8. The number of fused-ring (bicyclic) bond motifs is 2. The number of rotatable bonds is 6. The van der Waals surface area contributed by atoms with Crippen LogP contribution in [0.25, 0.3) is 33.4 Å². The molecular formula is C31H27ClF2N6O3. The largest absolute Gasteiger partial charge is 0.481 e. The summed E-state index contributed by atoms with van der Waals surface area (Å²) in [5.41, 5.74) is 4.96. The lowest BCUT2D eigenvalue weighted by molar-refractivity contribution is 0.141. The molecule has 5 aromatic rings. The highest BCUT2D eigenvalue weighted by Crippen LogP contribution is 2.41. The van der Waals surface area contributed by atoms with Gasteiger partial charge in [-0.1, -0.05) is 41.9 Å². The first kappa shape index (κ1) is 28.5. The van der Waals surface area contributed by atoms with Gasteiger partial charge in [-0.2, -0.15) is 0 Å². The molecule has 12 heteroatoms. The van der Waals surface area contributed by atoms with E-state index in [1.165, 1.54) is 19.7 Å². The number of ether oxygens (including phenoxy) is 1. The smallest absolute Gasteiger partial charge is 0.332 e. The minimum Gasteiger partial charge on any atom is -0.481 e. The van der Waals surface area contributed by atoms with Crippen molar-refractivity contribution >= 4 is 34.1 Å². The molecule has 6 rings (SSSR count). The van der Waals surface area contributed by atoms with E-state index in [0.29, 0.717) is 22.3 Å². The molecule has 0 bridgehead atoms. The first-order valence-electron chi connectivity index (χ1n) is 13.6. The molecule has 3 heterocycles. The van der Waals surface area contributed by atoms with Crippen molar-refractivity contribution in [2.45, 2.75) is 32.6 Å². The molecule has 0 aliphatic heterocycles. The van der Waals surface area contributed by atoms with Gasteiger partial charge in [0.15, 0.2) is 11.5 Å². The van der Waals surface area contributed by atoms with Crippen LogP contribution < -0.4 is 21.3 Å². The monoisotopic (exact) mass is 604 g/mol. The van der Waals surface area contributed by atoms with Crippen molar-refractivity contribution in [3.63, 3.8) is 0 Å². The molecule has 43 heavy (non-hydrogen) atoms. The van der Waals surface area contributed by atoms with Crippen LogP contribution in [0.1, 0.15) is 35.4 Å². The van der Waals surface area contributed by atoms with Crippen molar-refractivity contribution in [1.29, 1.82) is 0 Å². The molecule has 1 aliphatic rings. The third-order valence-corrected chi connectivity index (χ3v) is 8.32. The number of benzene rings is 2. The van der Waals surface area contributed by atoms with Gasteiger partial charge in [0.2, 0.25) is 5.88 Å². The van der Waals surface area contributed by atoms with Gasteiger partial charge in [0.05, 0.1) is 17.8 Å². The first-order chi connectivity index (χ1) is 20.6. The topological polar surface area (TPSA) is 104 Å². The molecule has 0 atom stereocenters. The van der Waals surface area contributed by atoms with Crippen molar-refractivity contribution in [3.05, 3.63) is 90.8 Å². The second-order valence-corrected chi connectivity index (χ2v) is 10.8. The maximum Gasteiger partial charge on any atom is 0.332 e. The Kier molecular flexibility index (Phi) is 7.21. The van der Waals surface area contributed by atoms with Gasteiger partial charge in [0.1, 0.15) is 11.2 Å². The fraction of sp³-hybridized carbons (Fsp3) is 0.258. The number of aromatic nitrogens is 5. The number of nitrogens with zero attached hydrogens (tertiary/aromatic N) is 5. The number of aryl methyl sites for hydroxylation is 2. The number of hydrogen-bond acceptors (Lipinski definition) is 7. The Morgan fingerprint density at radius 1 is 0.977 bits per heavy atom. The summed E-state index contributed by atoms with van der Waals surface area (Å²) in [4.78, 5) is 38.2. The number of halogens is 3. The maximum absolute atomic E-state index is 13.8. The summed E-state index contributed by atoms with van der Waals surface area (Å²) in [7, 11) is 4.29. The fourth-order valence-corrected chi connectivity index (χ4v) is 5.97. The molecule has 0 radical (unpaired) electrons. The zero-order chi connectivity index (χ0) is 30.6. The number of pyridine rings is 1. The highest BCUT2D eigenvalue weighted by molar-refractivity contribution is 6.36. The van der Waals surface area contributed by atoms with E-state index < -0.39 is 23.5 Å². The van der Waals surface area contributed by atoms with Crippen LogP contribution in [0.5, 0.6) is 5.88 Å². The minimum atomic E-state index is -3.02. The molecule has 2 aromatic carbocycles. The van der Waals surface area contributed by atoms with Gasteiger partial charge >= 0.3 is 5.69 Å². The van der Waals surface area contributed by atoms with E-state index in [2.05, 4.69) is 21.4 Å². The summed E-state index contributed by atoms with van der Waals surface area (Å²) in [6.45, 7) is 1.85. The Hall–Kier alpha value is -4.64.